The van der Waals surface area contributed by atoms with Gasteiger partial charge in [0.1, 0.15) is 5.82 Å². The van der Waals surface area contributed by atoms with E-state index in [2.05, 4.69) is 10.3 Å². The molecule has 2 aromatic rings. The molecule has 13 heavy (non-hydrogen) atoms. The Hall–Kier alpha value is -1.29. The van der Waals surface area contributed by atoms with Crippen LogP contribution in [-0.2, 0) is 10.8 Å². The number of nitrogens with one attached hydrogen (secondary N) is 2. The van der Waals surface area contributed by atoms with Gasteiger partial charge in [-0.15, -0.1) is 0 Å². The molecule has 1 aromatic heterocycles. The van der Waals surface area contributed by atoms with Crippen LogP contribution in [0.5, 0.6) is 0 Å². The van der Waals surface area contributed by atoms with Gasteiger partial charge in [-0.05, 0) is 6.07 Å². The number of aromatic nitrogens is 1. The van der Waals surface area contributed by atoms with Crippen molar-refractivity contribution in [3.63, 3.8) is 0 Å². The van der Waals surface area contributed by atoms with Gasteiger partial charge in [-0.25, -0.2) is 0 Å². The van der Waals surface area contributed by atoms with Crippen molar-refractivity contribution in [1.82, 2.24) is 4.98 Å². The van der Waals surface area contributed by atoms with Gasteiger partial charge in [0.25, 0.3) is 0 Å². The van der Waals surface area contributed by atoms with Gasteiger partial charge in [-0.2, -0.15) is 0 Å². The minimum absolute atomic E-state index is 0.534. The number of anilines is 1. The Morgan fingerprint density at radius 2 is 2.15 bits per heavy atom. The van der Waals surface area contributed by atoms with E-state index in [-0.39, 0.29) is 0 Å². The van der Waals surface area contributed by atoms with Crippen LogP contribution in [0.15, 0.2) is 29.2 Å². The van der Waals surface area contributed by atoms with Gasteiger partial charge >= 0.3 is 0 Å². The van der Waals surface area contributed by atoms with E-state index in [1.54, 1.807) is 0 Å². The fraction of sp³-hybridized carbons (Fsp3) is 0.111. The average Bonchev–Trinajstić information content (AvgIpc) is 2.66. The largest absolute Gasteiger partial charge is 0.359 e. The highest BCUT2D eigenvalue weighted by Gasteiger charge is 2.22. The monoisotopic (exact) mass is 192 g/mol. The molecule has 1 aliphatic rings. The number of H-pyrrole nitrogens is 1. The molecule has 0 saturated carbocycles. The van der Waals surface area contributed by atoms with Crippen LogP contribution < -0.4 is 5.32 Å². The van der Waals surface area contributed by atoms with E-state index in [9.17, 15) is 4.21 Å². The first kappa shape index (κ1) is 7.15. The van der Waals surface area contributed by atoms with E-state index in [1.807, 2.05) is 24.3 Å². The molecule has 1 atom stereocenters. The smallest absolute Gasteiger partial charge is 0.121 e. The zero-order chi connectivity index (χ0) is 8.84. The molecule has 1 aliphatic heterocycles. The highest BCUT2D eigenvalue weighted by atomic mass is 32.2. The molecular formula is C9H8N2OS. The van der Waals surface area contributed by atoms with Crippen molar-refractivity contribution in [3.8, 4) is 0 Å². The summed E-state index contributed by atoms with van der Waals surface area (Å²) in [4.78, 5) is 4.13. The third-order valence-electron chi connectivity index (χ3n) is 2.27. The summed E-state index contributed by atoms with van der Waals surface area (Å²) in [5.41, 5.74) is 1.05. The summed E-state index contributed by atoms with van der Waals surface area (Å²) in [6.45, 7) is 0. The topological polar surface area (TPSA) is 44.9 Å². The summed E-state index contributed by atoms with van der Waals surface area (Å²) in [5, 5.41) is 4.15. The third-order valence-corrected chi connectivity index (χ3v) is 3.55. The van der Waals surface area contributed by atoms with Crippen LogP contribution >= 0.6 is 0 Å². The lowest BCUT2D eigenvalue weighted by atomic mass is 10.2. The molecule has 0 fully saturated rings. The van der Waals surface area contributed by atoms with Gasteiger partial charge in [0.15, 0.2) is 0 Å². The molecule has 4 heteroatoms. The Morgan fingerprint density at radius 1 is 1.31 bits per heavy atom. The molecule has 0 aliphatic carbocycles. The van der Waals surface area contributed by atoms with Crippen LogP contribution in [0.3, 0.4) is 0 Å². The van der Waals surface area contributed by atoms with E-state index in [1.165, 1.54) is 0 Å². The van der Waals surface area contributed by atoms with Crippen LogP contribution in [0.2, 0.25) is 0 Å². The van der Waals surface area contributed by atoms with Crippen molar-refractivity contribution >= 4 is 27.5 Å². The van der Waals surface area contributed by atoms with E-state index >= 15 is 0 Å². The van der Waals surface area contributed by atoms with Gasteiger partial charge in [0.05, 0.1) is 21.6 Å². The molecule has 1 unspecified atom stereocenters. The van der Waals surface area contributed by atoms with Crippen molar-refractivity contribution in [2.24, 2.45) is 0 Å². The molecule has 1 aromatic carbocycles. The number of hydrogen-bond acceptors (Lipinski definition) is 2. The van der Waals surface area contributed by atoms with Crippen molar-refractivity contribution in [2.75, 3.05) is 11.2 Å². The maximum atomic E-state index is 11.6. The average molecular weight is 192 g/mol. The van der Waals surface area contributed by atoms with Gasteiger partial charge in [0, 0.05) is 10.9 Å². The quantitative estimate of drug-likeness (QED) is 0.666. The fourth-order valence-electron chi connectivity index (χ4n) is 1.69. The van der Waals surface area contributed by atoms with Crippen LogP contribution in [0.25, 0.3) is 10.9 Å². The highest BCUT2D eigenvalue weighted by molar-refractivity contribution is 7.85. The highest BCUT2D eigenvalue weighted by Crippen LogP contribution is 2.32. The number of benzene rings is 1. The van der Waals surface area contributed by atoms with Gasteiger partial charge < -0.3 is 10.3 Å². The van der Waals surface area contributed by atoms with E-state index in [0.717, 1.165) is 21.6 Å². The Kier molecular flexibility index (Phi) is 1.29. The van der Waals surface area contributed by atoms with E-state index in [0.29, 0.717) is 5.88 Å². The molecule has 0 amide bonds. The first-order chi connectivity index (χ1) is 6.36. The van der Waals surface area contributed by atoms with Crippen LogP contribution in [0.1, 0.15) is 0 Å². The number of para-hydroxylation sites is 1. The first-order valence-corrected chi connectivity index (χ1v) is 5.41. The summed E-state index contributed by atoms with van der Waals surface area (Å²) >= 11 is 0. The Bertz CT molecular complexity index is 503. The number of fused-ring (bicyclic) bond motifs is 3. The third kappa shape index (κ3) is 0.862. The molecule has 2 heterocycles. The van der Waals surface area contributed by atoms with Crippen LogP contribution in [0.4, 0.5) is 5.82 Å². The molecule has 0 bridgehead atoms. The molecule has 3 rings (SSSR count). The fourth-order valence-corrected chi connectivity index (χ4v) is 2.88. The lowest BCUT2D eigenvalue weighted by Gasteiger charge is -1.91. The predicted octanol–water partition coefficient (Wildman–Crippen LogP) is 1.66. The molecule has 0 saturated heterocycles. The summed E-state index contributed by atoms with van der Waals surface area (Å²) in [6, 6.07) is 7.92. The summed E-state index contributed by atoms with van der Waals surface area (Å²) < 4.78 is 11.6. The maximum Gasteiger partial charge on any atom is 0.121 e. The lowest BCUT2D eigenvalue weighted by Crippen LogP contribution is -1.96. The minimum Gasteiger partial charge on any atom is -0.359 e. The van der Waals surface area contributed by atoms with E-state index in [4.69, 9.17) is 0 Å². The second-order valence-electron chi connectivity index (χ2n) is 3.04. The Morgan fingerprint density at radius 3 is 3.08 bits per heavy atom. The van der Waals surface area contributed by atoms with Crippen LogP contribution in [0, 0.1) is 0 Å². The molecule has 3 nitrogen and oxygen atoms in total. The molecular weight excluding hydrogens is 184 g/mol. The molecule has 66 valence electrons. The molecule has 0 radical (unpaired) electrons. The zero-order valence-electron chi connectivity index (χ0n) is 6.83. The minimum atomic E-state index is -0.884. The van der Waals surface area contributed by atoms with Crippen molar-refractivity contribution < 1.29 is 4.21 Å². The van der Waals surface area contributed by atoms with Gasteiger partial charge in [0.2, 0.25) is 0 Å². The summed E-state index contributed by atoms with van der Waals surface area (Å²) in [5.74, 6) is 1.45. The van der Waals surface area contributed by atoms with Crippen molar-refractivity contribution in [1.29, 1.82) is 0 Å². The zero-order valence-corrected chi connectivity index (χ0v) is 7.65. The normalized spacial score (nSPS) is 20.2. The second-order valence-corrected chi connectivity index (χ2v) is 4.43. The van der Waals surface area contributed by atoms with Gasteiger partial charge in [-0.3, -0.25) is 4.21 Å². The summed E-state index contributed by atoms with van der Waals surface area (Å²) in [7, 11) is -0.884. The Labute approximate surface area is 77.6 Å². The second kappa shape index (κ2) is 2.35. The number of rotatable bonds is 0. The van der Waals surface area contributed by atoms with Gasteiger partial charge in [-0.1, -0.05) is 18.2 Å². The van der Waals surface area contributed by atoms with Crippen molar-refractivity contribution in [3.05, 3.63) is 24.3 Å². The predicted molar refractivity (Wildman–Crippen MR) is 53.2 cm³/mol. The molecule has 2 N–H and O–H groups in total. The summed E-state index contributed by atoms with van der Waals surface area (Å²) in [6.07, 6.45) is 0. The first-order valence-electron chi connectivity index (χ1n) is 4.09. The van der Waals surface area contributed by atoms with Crippen LogP contribution in [-0.4, -0.2) is 15.1 Å². The SMILES string of the molecule is O=S1CNc2[nH]c3ccccc3c21. The Balaban J connectivity index is 2.46. The van der Waals surface area contributed by atoms with Crippen molar-refractivity contribution in [2.45, 2.75) is 4.90 Å². The lowest BCUT2D eigenvalue weighted by molar-refractivity contribution is 0.687. The maximum absolute atomic E-state index is 11.6. The van der Waals surface area contributed by atoms with E-state index < -0.39 is 10.8 Å². The number of aromatic amines is 1. The molecule has 0 spiro atoms. The standard InChI is InChI=1S/C9H8N2OS/c12-13-5-10-9-8(13)6-3-1-2-4-7(6)11-9/h1-4,10-11H,5H2. The number of hydrogen-bond donors (Lipinski definition) is 2.